The molecule has 3 atom stereocenters. The summed E-state index contributed by atoms with van der Waals surface area (Å²) in [6, 6.07) is 13.7. The third-order valence-corrected chi connectivity index (χ3v) is 5.33. The van der Waals surface area contributed by atoms with Gasteiger partial charge >= 0.3 is 18.2 Å². The van der Waals surface area contributed by atoms with Crippen molar-refractivity contribution in [3.8, 4) is 0 Å². The molecule has 0 unspecified atom stereocenters. The van der Waals surface area contributed by atoms with E-state index in [4.69, 9.17) is 9.47 Å². The van der Waals surface area contributed by atoms with Crippen molar-refractivity contribution in [3.05, 3.63) is 71.3 Å². The van der Waals surface area contributed by atoms with E-state index in [0.29, 0.717) is 24.8 Å². The predicted molar refractivity (Wildman–Crippen MR) is 116 cm³/mol. The van der Waals surface area contributed by atoms with Gasteiger partial charge in [0.05, 0.1) is 11.5 Å². The van der Waals surface area contributed by atoms with Crippen molar-refractivity contribution in [2.24, 2.45) is 5.92 Å². The number of ether oxygens (including phenoxy) is 2. The maximum atomic E-state index is 12.8. The Balaban J connectivity index is 1.71. The van der Waals surface area contributed by atoms with Gasteiger partial charge in [-0.1, -0.05) is 42.5 Å². The number of rotatable bonds is 6. The lowest BCUT2D eigenvalue weighted by Gasteiger charge is -2.26. The molecule has 0 aliphatic carbocycles. The maximum Gasteiger partial charge on any atom is 0.416 e. The number of carbonyl (C=O) groups is 2. The number of hydrogen-bond acceptors (Lipinski definition) is 4. The molecule has 0 bridgehead atoms. The Morgan fingerprint density at radius 3 is 2.27 bits per heavy atom. The molecule has 0 spiro atoms. The molecule has 1 aliphatic rings. The zero-order chi connectivity index (χ0) is 24.2. The van der Waals surface area contributed by atoms with Crippen LogP contribution in [0.1, 0.15) is 43.9 Å². The molecule has 5 nitrogen and oxygen atoms in total. The third kappa shape index (κ3) is 7.23. The van der Waals surface area contributed by atoms with Gasteiger partial charge in [-0.15, -0.1) is 0 Å². The highest BCUT2D eigenvalue weighted by atomic mass is 19.4. The van der Waals surface area contributed by atoms with Crippen LogP contribution in [0.15, 0.2) is 54.6 Å². The van der Waals surface area contributed by atoms with Gasteiger partial charge in [0.25, 0.3) is 0 Å². The second-order valence-electron chi connectivity index (χ2n) is 9.24. The minimum atomic E-state index is -4.40. The highest BCUT2D eigenvalue weighted by Crippen LogP contribution is 2.31. The van der Waals surface area contributed by atoms with Gasteiger partial charge in [0.1, 0.15) is 11.7 Å². The molecular formula is C25H28F3NO4. The van der Waals surface area contributed by atoms with Crippen LogP contribution in [-0.4, -0.2) is 29.8 Å². The van der Waals surface area contributed by atoms with Crippen LogP contribution in [0.3, 0.4) is 0 Å². The number of carbonyl (C=O) groups excluding carboxylic acids is 2. The van der Waals surface area contributed by atoms with E-state index in [0.717, 1.165) is 17.7 Å². The number of benzene rings is 2. The van der Waals surface area contributed by atoms with Crippen molar-refractivity contribution in [1.82, 2.24) is 5.32 Å². The fourth-order valence-corrected chi connectivity index (χ4v) is 3.85. The summed E-state index contributed by atoms with van der Waals surface area (Å²) in [5, 5.41) is 2.82. The van der Waals surface area contributed by atoms with Crippen molar-refractivity contribution >= 4 is 12.1 Å². The van der Waals surface area contributed by atoms with Gasteiger partial charge in [-0.05, 0) is 56.9 Å². The van der Waals surface area contributed by atoms with Gasteiger partial charge in [0.15, 0.2) is 0 Å². The van der Waals surface area contributed by atoms with Crippen LogP contribution in [0.4, 0.5) is 18.0 Å². The van der Waals surface area contributed by atoms with Crippen LogP contribution in [0.25, 0.3) is 0 Å². The summed E-state index contributed by atoms with van der Waals surface area (Å²) in [5.41, 5.74) is 0.165. The highest BCUT2D eigenvalue weighted by Gasteiger charge is 2.41. The Bertz CT molecular complexity index is 952. The van der Waals surface area contributed by atoms with Crippen LogP contribution in [0, 0.1) is 5.92 Å². The summed E-state index contributed by atoms with van der Waals surface area (Å²) in [4.78, 5) is 25.1. The molecule has 1 N–H and O–H groups in total. The van der Waals surface area contributed by atoms with E-state index in [1.807, 2.05) is 30.3 Å². The van der Waals surface area contributed by atoms with E-state index in [1.165, 1.54) is 12.1 Å². The summed E-state index contributed by atoms with van der Waals surface area (Å²) in [5.74, 6) is -1.04. The maximum absolute atomic E-state index is 12.8. The summed E-state index contributed by atoms with van der Waals surface area (Å²) in [6.45, 7) is 5.26. The lowest BCUT2D eigenvalue weighted by molar-refractivity contribution is -0.144. The molecule has 1 amide bonds. The number of nitrogens with one attached hydrogen (secondary N) is 1. The number of alkyl carbamates (subject to hydrolysis) is 1. The first-order chi connectivity index (χ1) is 15.4. The van der Waals surface area contributed by atoms with Gasteiger partial charge in [-0.2, -0.15) is 13.2 Å². The lowest BCUT2D eigenvalue weighted by atomic mass is 9.89. The number of amides is 1. The molecule has 8 heteroatoms. The molecule has 0 radical (unpaired) electrons. The number of hydrogen-bond donors (Lipinski definition) is 1. The molecule has 178 valence electrons. The van der Waals surface area contributed by atoms with Crippen LogP contribution in [0.2, 0.25) is 0 Å². The van der Waals surface area contributed by atoms with E-state index in [-0.39, 0.29) is 0 Å². The monoisotopic (exact) mass is 463 g/mol. The number of alkyl halides is 3. The molecule has 33 heavy (non-hydrogen) atoms. The van der Waals surface area contributed by atoms with Gasteiger partial charge < -0.3 is 14.8 Å². The molecule has 0 aromatic heterocycles. The van der Waals surface area contributed by atoms with E-state index in [1.54, 1.807) is 20.8 Å². The van der Waals surface area contributed by atoms with E-state index in [9.17, 15) is 22.8 Å². The topological polar surface area (TPSA) is 64.6 Å². The summed E-state index contributed by atoms with van der Waals surface area (Å²) in [7, 11) is 0. The van der Waals surface area contributed by atoms with Crippen LogP contribution < -0.4 is 5.32 Å². The predicted octanol–water partition coefficient (Wildman–Crippen LogP) is 5.32. The minimum Gasteiger partial charge on any atom is -0.462 e. The second-order valence-corrected chi connectivity index (χ2v) is 9.24. The average molecular weight is 463 g/mol. The molecular weight excluding hydrogens is 435 g/mol. The van der Waals surface area contributed by atoms with Crippen molar-refractivity contribution in [2.75, 3.05) is 0 Å². The van der Waals surface area contributed by atoms with E-state index in [2.05, 4.69) is 5.32 Å². The highest BCUT2D eigenvalue weighted by molar-refractivity contribution is 5.77. The quantitative estimate of drug-likeness (QED) is 0.590. The largest absolute Gasteiger partial charge is 0.462 e. The third-order valence-electron chi connectivity index (χ3n) is 5.33. The summed E-state index contributed by atoms with van der Waals surface area (Å²) >= 11 is 0. The zero-order valence-electron chi connectivity index (χ0n) is 18.8. The second kappa shape index (κ2) is 9.85. The first-order valence-corrected chi connectivity index (χ1v) is 10.8. The van der Waals surface area contributed by atoms with Crippen molar-refractivity contribution in [2.45, 2.75) is 64.0 Å². The van der Waals surface area contributed by atoms with Crippen LogP contribution in [-0.2, 0) is 33.3 Å². The Labute approximate surface area is 191 Å². The van der Waals surface area contributed by atoms with Crippen molar-refractivity contribution in [3.63, 3.8) is 0 Å². The van der Waals surface area contributed by atoms with Crippen LogP contribution in [0.5, 0.6) is 0 Å². The first-order valence-electron chi connectivity index (χ1n) is 10.8. The van der Waals surface area contributed by atoms with Gasteiger partial charge in [-0.25, -0.2) is 4.79 Å². The fourth-order valence-electron chi connectivity index (χ4n) is 3.85. The summed E-state index contributed by atoms with van der Waals surface area (Å²) < 4.78 is 49.3. The number of esters is 1. The Hall–Kier alpha value is -3.03. The molecule has 1 saturated heterocycles. The standard InChI is InChI=1S/C25H28F3NO4/c1-24(2,3)33-23(31)29-21(14-16-7-5-4-6-8-16)20-15-19(32-22(20)30)13-17-9-11-18(12-10-17)25(26,27)28/h4-12,19-21H,13-15H2,1-3H3,(H,29,31)/t19-,20-,21+/m1/s1. The molecule has 1 fully saturated rings. The number of halogens is 3. The molecule has 0 saturated carbocycles. The van der Waals surface area contributed by atoms with Crippen LogP contribution >= 0.6 is 0 Å². The first kappa shape index (κ1) is 24.6. The molecule has 1 heterocycles. The lowest BCUT2D eigenvalue weighted by Crippen LogP contribution is -2.45. The SMILES string of the molecule is CC(C)(C)OC(=O)N[C@@H](Cc1ccccc1)[C@H]1C[C@@H](Cc2ccc(C(F)(F)F)cc2)OC1=O. The van der Waals surface area contributed by atoms with E-state index < -0.39 is 47.5 Å². The average Bonchev–Trinajstić information content (AvgIpc) is 3.06. The Morgan fingerprint density at radius 2 is 1.70 bits per heavy atom. The van der Waals surface area contributed by atoms with Gasteiger partial charge in [-0.3, -0.25) is 4.79 Å². The van der Waals surface area contributed by atoms with Gasteiger partial charge in [0, 0.05) is 12.5 Å². The summed E-state index contributed by atoms with van der Waals surface area (Å²) in [6.07, 6.45) is -4.47. The van der Waals surface area contributed by atoms with E-state index >= 15 is 0 Å². The molecule has 3 rings (SSSR count). The van der Waals surface area contributed by atoms with Crippen molar-refractivity contribution in [1.29, 1.82) is 0 Å². The van der Waals surface area contributed by atoms with Crippen molar-refractivity contribution < 1.29 is 32.2 Å². The van der Waals surface area contributed by atoms with Gasteiger partial charge in [0.2, 0.25) is 0 Å². The normalized spacial score (nSPS) is 19.6. The Morgan fingerprint density at radius 1 is 1.06 bits per heavy atom. The molecule has 1 aliphatic heterocycles. The number of cyclic esters (lactones) is 1. The molecule has 2 aromatic carbocycles. The fraction of sp³-hybridized carbons (Fsp3) is 0.440. The minimum absolute atomic E-state index is 0.296. The molecule has 2 aromatic rings. The zero-order valence-corrected chi connectivity index (χ0v) is 18.8. The Kier molecular flexibility index (Phi) is 7.34. The smallest absolute Gasteiger partial charge is 0.416 e.